The zero-order valence-corrected chi connectivity index (χ0v) is 18.1. The molecule has 6 heteroatoms. The first kappa shape index (κ1) is 21.8. The lowest BCUT2D eigenvalue weighted by molar-refractivity contribution is 0.0927. The Labute approximate surface area is 188 Å². The minimum atomic E-state index is -0.180. The van der Waals surface area contributed by atoms with Gasteiger partial charge < -0.3 is 21.1 Å². The molecule has 1 aliphatic rings. The number of rotatable bonds is 7. The number of amides is 2. The summed E-state index contributed by atoms with van der Waals surface area (Å²) in [5.41, 5.74) is 7.10. The Morgan fingerprint density at radius 3 is 2.06 bits per heavy atom. The van der Waals surface area contributed by atoms with Crippen LogP contribution in [0.15, 0.2) is 66.7 Å². The summed E-state index contributed by atoms with van der Waals surface area (Å²) in [7, 11) is 0. The Kier molecular flexibility index (Phi) is 7.02. The van der Waals surface area contributed by atoms with E-state index in [1.807, 2.05) is 54.6 Å². The maximum absolute atomic E-state index is 12.4. The smallest absolute Gasteiger partial charge is 0.251 e. The van der Waals surface area contributed by atoms with Crippen LogP contribution in [0.1, 0.15) is 46.4 Å². The molecule has 0 bridgehead atoms. The van der Waals surface area contributed by atoms with Crippen molar-refractivity contribution in [3.05, 3.63) is 77.9 Å². The second kappa shape index (κ2) is 10.3. The molecule has 0 atom stereocenters. The highest BCUT2D eigenvalue weighted by molar-refractivity contribution is 5.98. The van der Waals surface area contributed by atoms with Crippen LogP contribution in [-0.2, 0) is 0 Å². The summed E-state index contributed by atoms with van der Waals surface area (Å²) in [5, 5.41) is 7.79. The van der Waals surface area contributed by atoms with E-state index in [0.29, 0.717) is 30.3 Å². The lowest BCUT2D eigenvalue weighted by Gasteiger charge is -2.26. The molecule has 0 saturated heterocycles. The normalized spacial score (nSPS) is 18.2. The van der Waals surface area contributed by atoms with Crippen molar-refractivity contribution in [2.45, 2.75) is 37.8 Å². The van der Waals surface area contributed by atoms with Crippen LogP contribution in [0.4, 0.5) is 0 Å². The number of ether oxygens (including phenoxy) is 1. The Morgan fingerprint density at radius 2 is 1.38 bits per heavy atom. The fourth-order valence-corrected chi connectivity index (χ4v) is 3.97. The van der Waals surface area contributed by atoms with E-state index in [4.69, 9.17) is 10.5 Å². The van der Waals surface area contributed by atoms with Gasteiger partial charge in [-0.05, 0) is 72.9 Å². The minimum absolute atomic E-state index is 0.157. The number of carbonyl (C=O) groups is 2. The van der Waals surface area contributed by atoms with Gasteiger partial charge in [-0.25, -0.2) is 0 Å². The average Bonchev–Trinajstić information content (AvgIpc) is 2.83. The minimum Gasteiger partial charge on any atom is -0.490 e. The molecule has 0 aliphatic heterocycles. The molecular weight excluding hydrogens is 402 g/mol. The highest BCUT2D eigenvalue weighted by atomic mass is 16.5. The van der Waals surface area contributed by atoms with Crippen molar-refractivity contribution in [1.82, 2.24) is 10.6 Å². The van der Waals surface area contributed by atoms with Gasteiger partial charge >= 0.3 is 0 Å². The second-order valence-electron chi connectivity index (χ2n) is 8.25. The van der Waals surface area contributed by atoms with Crippen molar-refractivity contribution >= 4 is 22.6 Å². The molecule has 32 heavy (non-hydrogen) atoms. The van der Waals surface area contributed by atoms with Crippen molar-refractivity contribution in [3.63, 3.8) is 0 Å². The number of nitrogens with one attached hydrogen (secondary N) is 2. The molecule has 3 aromatic rings. The van der Waals surface area contributed by atoms with E-state index in [9.17, 15) is 9.59 Å². The Hall–Kier alpha value is -3.38. The SMILES string of the molecule is N[C@H]1CC[C@@H](Oc2ccc(C(=O)NCCNC(=O)c3ccc4ccccc4c3)cc2)CC1. The van der Waals surface area contributed by atoms with Gasteiger partial charge in [0.05, 0.1) is 6.10 Å². The predicted octanol–water partition coefficient (Wildman–Crippen LogP) is 3.65. The molecule has 0 aromatic heterocycles. The molecule has 4 N–H and O–H groups in total. The molecule has 3 aromatic carbocycles. The van der Waals surface area contributed by atoms with Gasteiger partial charge in [0.15, 0.2) is 0 Å². The number of hydrogen-bond acceptors (Lipinski definition) is 4. The van der Waals surface area contributed by atoms with Crippen LogP contribution >= 0.6 is 0 Å². The maximum Gasteiger partial charge on any atom is 0.251 e. The molecule has 0 unspecified atom stereocenters. The van der Waals surface area contributed by atoms with E-state index in [1.54, 1.807) is 12.1 Å². The fraction of sp³-hybridized carbons (Fsp3) is 0.308. The summed E-state index contributed by atoms with van der Waals surface area (Å²) in [5.74, 6) is 0.431. The molecule has 0 heterocycles. The van der Waals surface area contributed by atoms with Gasteiger partial charge in [-0.15, -0.1) is 0 Å². The Bertz CT molecular complexity index is 1070. The van der Waals surface area contributed by atoms with E-state index in [1.165, 1.54) is 0 Å². The van der Waals surface area contributed by atoms with Gasteiger partial charge in [0.25, 0.3) is 11.8 Å². The van der Waals surface area contributed by atoms with E-state index in [-0.39, 0.29) is 17.9 Å². The molecule has 1 aliphatic carbocycles. The molecule has 4 rings (SSSR count). The topological polar surface area (TPSA) is 93.4 Å². The van der Waals surface area contributed by atoms with Gasteiger partial charge in [0.1, 0.15) is 5.75 Å². The summed E-state index contributed by atoms with van der Waals surface area (Å²) in [6, 6.07) is 21.0. The van der Waals surface area contributed by atoms with E-state index in [0.717, 1.165) is 42.2 Å². The molecular formula is C26H29N3O3. The highest BCUT2D eigenvalue weighted by Gasteiger charge is 2.19. The third-order valence-corrected chi connectivity index (χ3v) is 5.85. The predicted molar refractivity (Wildman–Crippen MR) is 126 cm³/mol. The van der Waals surface area contributed by atoms with Crippen molar-refractivity contribution in [3.8, 4) is 5.75 Å². The number of carbonyl (C=O) groups excluding carboxylic acids is 2. The average molecular weight is 432 g/mol. The quantitative estimate of drug-likeness (QED) is 0.498. The summed E-state index contributed by atoms with van der Waals surface area (Å²) < 4.78 is 6.00. The van der Waals surface area contributed by atoms with E-state index < -0.39 is 0 Å². The number of hydrogen-bond donors (Lipinski definition) is 3. The van der Waals surface area contributed by atoms with Gasteiger partial charge in [-0.2, -0.15) is 0 Å². The molecule has 2 amide bonds. The first-order valence-electron chi connectivity index (χ1n) is 11.2. The summed E-state index contributed by atoms with van der Waals surface area (Å²) >= 11 is 0. The van der Waals surface area contributed by atoms with Gasteiger partial charge in [0, 0.05) is 30.3 Å². The molecule has 6 nitrogen and oxygen atoms in total. The van der Waals surface area contributed by atoms with Crippen LogP contribution in [-0.4, -0.2) is 37.0 Å². The molecule has 1 saturated carbocycles. The van der Waals surface area contributed by atoms with Crippen LogP contribution in [0.5, 0.6) is 5.75 Å². The Morgan fingerprint density at radius 1 is 0.781 bits per heavy atom. The van der Waals surface area contributed by atoms with Gasteiger partial charge in [-0.1, -0.05) is 30.3 Å². The second-order valence-corrected chi connectivity index (χ2v) is 8.25. The van der Waals surface area contributed by atoms with Gasteiger partial charge in [-0.3, -0.25) is 9.59 Å². The summed E-state index contributed by atoms with van der Waals surface area (Å²) in [6.07, 6.45) is 4.11. The Balaban J connectivity index is 1.21. The third-order valence-electron chi connectivity index (χ3n) is 5.85. The standard InChI is InChI=1S/C26H29N3O3/c27-22-9-13-24(14-10-22)32-23-11-7-19(8-12-23)25(30)28-15-16-29-26(31)21-6-5-18-3-1-2-4-20(18)17-21/h1-8,11-12,17,22,24H,9-10,13-16,27H2,(H,28,30)(H,29,31)/t22-,24+. The largest absolute Gasteiger partial charge is 0.490 e. The van der Waals surface area contributed by atoms with Crippen molar-refractivity contribution < 1.29 is 14.3 Å². The first-order valence-corrected chi connectivity index (χ1v) is 11.2. The van der Waals surface area contributed by atoms with Crippen molar-refractivity contribution in [2.75, 3.05) is 13.1 Å². The van der Waals surface area contributed by atoms with E-state index in [2.05, 4.69) is 10.6 Å². The van der Waals surface area contributed by atoms with Crippen LogP contribution in [0, 0.1) is 0 Å². The van der Waals surface area contributed by atoms with Crippen LogP contribution in [0.3, 0.4) is 0 Å². The molecule has 166 valence electrons. The number of fused-ring (bicyclic) bond motifs is 1. The monoisotopic (exact) mass is 431 g/mol. The lowest BCUT2D eigenvalue weighted by atomic mass is 9.94. The van der Waals surface area contributed by atoms with Crippen LogP contribution in [0.25, 0.3) is 10.8 Å². The van der Waals surface area contributed by atoms with Gasteiger partial charge in [0.2, 0.25) is 0 Å². The fourth-order valence-electron chi connectivity index (χ4n) is 3.97. The van der Waals surface area contributed by atoms with Crippen LogP contribution < -0.4 is 21.1 Å². The number of nitrogens with two attached hydrogens (primary N) is 1. The summed E-state index contributed by atoms with van der Waals surface area (Å²) in [4.78, 5) is 24.7. The van der Waals surface area contributed by atoms with Crippen molar-refractivity contribution in [1.29, 1.82) is 0 Å². The van der Waals surface area contributed by atoms with E-state index >= 15 is 0 Å². The zero-order valence-electron chi connectivity index (χ0n) is 18.1. The first-order chi connectivity index (χ1) is 15.6. The summed E-state index contributed by atoms with van der Waals surface area (Å²) in [6.45, 7) is 0.696. The highest BCUT2D eigenvalue weighted by Crippen LogP contribution is 2.23. The molecule has 0 radical (unpaired) electrons. The third kappa shape index (κ3) is 5.65. The number of benzene rings is 3. The lowest BCUT2D eigenvalue weighted by Crippen LogP contribution is -2.34. The molecule has 0 spiro atoms. The van der Waals surface area contributed by atoms with Crippen molar-refractivity contribution in [2.24, 2.45) is 5.73 Å². The van der Waals surface area contributed by atoms with Crippen LogP contribution in [0.2, 0.25) is 0 Å². The zero-order chi connectivity index (χ0) is 22.3. The maximum atomic E-state index is 12.4. The molecule has 1 fully saturated rings.